The van der Waals surface area contributed by atoms with E-state index < -0.39 is 5.91 Å². The molecule has 0 unspecified atom stereocenters. The smallest absolute Gasteiger partial charge is 0.241 e. The van der Waals surface area contributed by atoms with Crippen LogP contribution in [0.3, 0.4) is 0 Å². The Labute approximate surface area is 105 Å². The van der Waals surface area contributed by atoms with Crippen LogP contribution >= 0.6 is 0 Å². The Balaban J connectivity index is 2.39. The third-order valence-electron chi connectivity index (χ3n) is 2.75. The molecular weight excluding hydrogens is 226 g/mol. The fraction of sp³-hybridized carbons (Fsp3) is 0.143. The summed E-state index contributed by atoms with van der Waals surface area (Å²) in [7, 11) is 0. The van der Waals surface area contributed by atoms with E-state index in [2.05, 4.69) is 16.5 Å². The predicted octanol–water partition coefficient (Wildman–Crippen LogP) is 2.35. The van der Waals surface area contributed by atoms with Gasteiger partial charge in [0.15, 0.2) is 0 Å². The molecule has 1 aromatic heterocycles. The van der Waals surface area contributed by atoms with Crippen LogP contribution in [0.5, 0.6) is 0 Å². The summed E-state index contributed by atoms with van der Waals surface area (Å²) in [5, 5.41) is 0. The Bertz CT molecular complexity index is 625. The summed E-state index contributed by atoms with van der Waals surface area (Å²) in [6, 6.07) is 5.73. The van der Waals surface area contributed by atoms with E-state index in [0.717, 1.165) is 22.4 Å². The zero-order chi connectivity index (χ0) is 13.1. The third-order valence-corrected chi connectivity index (χ3v) is 2.75. The van der Waals surface area contributed by atoms with Gasteiger partial charge in [0.05, 0.1) is 11.0 Å². The predicted molar refractivity (Wildman–Crippen MR) is 72.9 cm³/mol. The summed E-state index contributed by atoms with van der Waals surface area (Å²) >= 11 is 0. The monoisotopic (exact) mass is 241 g/mol. The first-order valence-electron chi connectivity index (χ1n) is 5.70. The second-order valence-electron chi connectivity index (χ2n) is 4.16. The molecule has 4 nitrogen and oxygen atoms in total. The van der Waals surface area contributed by atoms with E-state index in [1.807, 2.05) is 31.2 Å². The number of carbonyl (C=O) groups excluding carboxylic acids is 1. The molecule has 18 heavy (non-hydrogen) atoms. The molecule has 0 saturated carbocycles. The van der Waals surface area contributed by atoms with Crippen LogP contribution < -0.4 is 5.73 Å². The van der Waals surface area contributed by atoms with E-state index in [4.69, 9.17) is 5.73 Å². The molecule has 2 rings (SSSR count). The van der Waals surface area contributed by atoms with Gasteiger partial charge in [0, 0.05) is 12.0 Å². The summed E-state index contributed by atoms with van der Waals surface area (Å²) < 4.78 is 0. The van der Waals surface area contributed by atoms with Gasteiger partial charge in [0.1, 0.15) is 5.82 Å². The van der Waals surface area contributed by atoms with Crippen LogP contribution in [0.4, 0.5) is 0 Å². The molecule has 2 aromatic rings. The molecule has 0 radical (unpaired) electrons. The number of benzene rings is 1. The third kappa shape index (κ3) is 2.48. The summed E-state index contributed by atoms with van der Waals surface area (Å²) in [4.78, 5) is 18.4. The van der Waals surface area contributed by atoms with Crippen LogP contribution in [0.1, 0.15) is 24.2 Å². The van der Waals surface area contributed by atoms with Crippen LogP contribution in [-0.2, 0) is 4.79 Å². The second-order valence-corrected chi connectivity index (χ2v) is 4.16. The van der Waals surface area contributed by atoms with E-state index in [1.54, 1.807) is 6.08 Å². The highest BCUT2D eigenvalue weighted by molar-refractivity contribution is 5.91. The van der Waals surface area contributed by atoms with Gasteiger partial charge in [-0.1, -0.05) is 19.1 Å². The maximum absolute atomic E-state index is 10.7. The number of nitrogens with two attached hydrogens (primary N) is 1. The fourth-order valence-corrected chi connectivity index (χ4v) is 1.66. The number of hydrogen-bond acceptors (Lipinski definition) is 2. The van der Waals surface area contributed by atoms with Crippen LogP contribution in [0.15, 0.2) is 36.9 Å². The Hall–Kier alpha value is -2.36. The van der Waals surface area contributed by atoms with E-state index in [0.29, 0.717) is 0 Å². The SMILES string of the molecule is C=C[C@H](C)c1nc2ccc(/C=C/C(N)=O)cc2[nH]1. The molecule has 0 aliphatic rings. The second kappa shape index (κ2) is 4.87. The van der Waals surface area contributed by atoms with Gasteiger partial charge in [-0.15, -0.1) is 6.58 Å². The van der Waals surface area contributed by atoms with Crippen molar-refractivity contribution in [1.82, 2.24) is 9.97 Å². The molecule has 4 heteroatoms. The lowest BCUT2D eigenvalue weighted by molar-refractivity contribution is -0.113. The Kier molecular flexibility index (Phi) is 3.28. The molecule has 0 aliphatic heterocycles. The van der Waals surface area contributed by atoms with Crippen molar-refractivity contribution >= 4 is 23.0 Å². The van der Waals surface area contributed by atoms with Gasteiger partial charge in [0.25, 0.3) is 0 Å². The number of imidazole rings is 1. The highest BCUT2D eigenvalue weighted by Crippen LogP contribution is 2.19. The maximum atomic E-state index is 10.7. The van der Waals surface area contributed by atoms with Gasteiger partial charge in [0.2, 0.25) is 5.91 Å². The lowest BCUT2D eigenvalue weighted by atomic mass is 10.2. The van der Waals surface area contributed by atoms with E-state index in [9.17, 15) is 4.79 Å². The Morgan fingerprint density at radius 3 is 3.00 bits per heavy atom. The molecule has 3 N–H and O–H groups in total. The average molecular weight is 241 g/mol. The summed E-state index contributed by atoms with van der Waals surface area (Å²) in [5.41, 5.74) is 7.80. The lowest BCUT2D eigenvalue weighted by Crippen LogP contribution is -2.04. The summed E-state index contributed by atoms with van der Waals surface area (Å²) in [5.74, 6) is 0.610. The summed E-state index contributed by atoms with van der Waals surface area (Å²) in [6.45, 7) is 5.78. The number of aromatic amines is 1. The van der Waals surface area contributed by atoms with Gasteiger partial charge in [-0.3, -0.25) is 4.79 Å². The minimum absolute atomic E-state index is 0.182. The van der Waals surface area contributed by atoms with Crippen molar-refractivity contribution in [3.63, 3.8) is 0 Å². The molecule has 1 atom stereocenters. The number of carbonyl (C=O) groups is 1. The van der Waals surface area contributed by atoms with Crippen molar-refractivity contribution < 1.29 is 4.79 Å². The molecule has 0 fully saturated rings. The first-order valence-corrected chi connectivity index (χ1v) is 5.70. The van der Waals surface area contributed by atoms with E-state index in [1.165, 1.54) is 6.08 Å². The zero-order valence-electron chi connectivity index (χ0n) is 10.2. The van der Waals surface area contributed by atoms with Gasteiger partial charge >= 0.3 is 0 Å². The minimum Gasteiger partial charge on any atom is -0.366 e. The Morgan fingerprint density at radius 2 is 2.33 bits per heavy atom. The van der Waals surface area contributed by atoms with Crippen molar-refractivity contribution in [3.8, 4) is 0 Å². The number of H-pyrrole nitrogens is 1. The van der Waals surface area contributed by atoms with Crippen molar-refractivity contribution in [2.45, 2.75) is 12.8 Å². The Morgan fingerprint density at radius 1 is 1.56 bits per heavy atom. The molecule has 1 aromatic carbocycles. The van der Waals surface area contributed by atoms with Gasteiger partial charge < -0.3 is 10.7 Å². The number of amides is 1. The van der Waals surface area contributed by atoms with Gasteiger partial charge in [-0.2, -0.15) is 0 Å². The van der Waals surface area contributed by atoms with Crippen LogP contribution in [-0.4, -0.2) is 15.9 Å². The molecule has 92 valence electrons. The summed E-state index contributed by atoms with van der Waals surface area (Å²) in [6.07, 6.45) is 4.86. The van der Waals surface area contributed by atoms with Crippen molar-refractivity contribution in [3.05, 3.63) is 48.3 Å². The molecule has 1 heterocycles. The number of hydrogen-bond donors (Lipinski definition) is 2. The van der Waals surface area contributed by atoms with E-state index >= 15 is 0 Å². The average Bonchev–Trinajstić information content (AvgIpc) is 2.78. The zero-order valence-corrected chi connectivity index (χ0v) is 10.2. The van der Waals surface area contributed by atoms with Crippen LogP contribution in [0.2, 0.25) is 0 Å². The molecule has 0 aliphatic carbocycles. The van der Waals surface area contributed by atoms with Gasteiger partial charge in [-0.05, 0) is 23.8 Å². The van der Waals surface area contributed by atoms with Gasteiger partial charge in [-0.25, -0.2) is 4.98 Å². The number of primary amides is 1. The molecular formula is C14H15N3O. The normalized spacial score (nSPS) is 12.9. The number of rotatable bonds is 4. The quantitative estimate of drug-likeness (QED) is 0.637. The number of aromatic nitrogens is 2. The fourth-order valence-electron chi connectivity index (χ4n) is 1.66. The number of nitrogens with zero attached hydrogens (tertiary/aromatic N) is 1. The standard InChI is InChI=1S/C14H15N3O/c1-3-9(2)14-16-11-6-4-10(5-7-13(15)18)8-12(11)17-14/h3-9H,1H2,2H3,(H2,15,18)(H,16,17)/b7-5+/t9-/m0/s1. The number of nitrogens with one attached hydrogen (secondary N) is 1. The van der Waals surface area contributed by atoms with Crippen LogP contribution in [0.25, 0.3) is 17.1 Å². The van der Waals surface area contributed by atoms with Crippen molar-refractivity contribution in [1.29, 1.82) is 0 Å². The first-order chi connectivity index (χ1) is 8.60. The topological polar surface area (TPSA) is 71.8 Å². The van der Waals surface area contributed by atoms with Crippen molar-refractivity contribution in [2.24, 2.45) is 5.73 Å². The van der Waals surface area contributed by atoms with Crippen molar-refractivity contribution in [2.75, 3.05) is 0 Å². The number of allylic oxidation sites excluding steroid dienone is 1. The molecule has 0 saturated heterocycles. The molecule has 0 bridgehead atoms. The molecule has 1 amide bonds. The highest BCUT2D eigenvalue weighted by Gasteiger charge is 2.07. The lowest BCUT2D eigenvalue weighted by Gasteiger charge is -1.98. The molecule has 0 spiro atoms. The minimum atomic E-state index is -0.458. The maximum Gasteiger partial charge on any atom is 0.241 e. The highest BCUT2D eigenvalue weighted by atomic mass is 16.1. The van der Waals surface area contributed by atoms with E-state index in [-0.39, 0.29) is 5.92 Å². The largest absolute Gasteiger partial charge is 0.366 e. The first kappa shape index (κ1) is 12.1. The number of fused-ring (bicyclic) bond motifs is 1. The van der Waals surface area contributed by atoms with Crippen LogP contribution in [0, 0.1) is 0 Å².